The molecule has 2 aromatic carbocycles. The molecule has 8 heteroatoms. The van der Waals surface area contributed by atoms with Crippen molar-refractivity contribution in [2.45, 2.75) is 0 Å². The maximum absolute atomic E-state index is 12.4. The number of nitrogens with one attached hydrogen (secondary N) is 2. The maximum Gasteiger partial charge on any atom is 0.249 e. The number of pyridine rings is 3. The molecule has 0 radical (unpaired) electrons. The zero-order valence-electron chi connectivity index (χ0n) is 18.4. The lowest BCUT2D eigenvalue weighted by Gasteiger charge is -2.16. The molecule has 0 unspecified atom stereocenters. The zero-order chi connectivity index (χ0) is 24.2. The first-order valence-electron chi connectivity index (χ1n) is 10.7. The fraction of sp³-hybridized carbons (Fsp3) is 0. The van der Waals surface area contributed by atoms with Gasteiger partial charge in [0.1, 0.15) is 5.82 Å². The minimum Gasteiger partial charge on any atom is -0.366 e. The van der Waals surface area contributed by atoms with Crippen molar-refractivity contribution < 1.29 is 4.79 Å². The van der Waals surface area contributed by atoms with Crippen molar-refractivity contribution in [1.82, 2.24) is 15.0 Å². The van der Waals surface area contributed by atoms with Crippen molar-refractivity contribution in [1.29, 1.82) is 5.26 Å². The van der Waals surface area contributed by atoms with Gasteiger partial charge in [-0.1, -0.05) is 12.1 Å². The van der Waals surface area contributed by atoms with E-state index in [0.717, 1.165) is 27.8 Å². The van der Waals surface area contributed by atoms with E-state index in [4.69, 9.17) is 5.73 Å². The van der Waals surface area contributed by atoms with Gasteiger partial charge in [0, 0.05) is 47.1 Å². The normalized spacial score (nSPS) is 10.5. The number of primary amides is 1. The Morgan fingerprint density at radius 1 is 0.857 bits per heavy atom. The van der Waals surface area contributed by atoms with E-state index in [-0.39, 0.29) is 0 Å². The minimum absolute atomic E-state index is 0.333. The van der Waals surface area contributed by atoms with Gasteiger partial charge in [-0.05, 0) is 60.2 Å². The van der Waals surface area contributed by atoms with Crippen LogP contribution in [0.2, 0.25) is 0 Å². The fourth-order valence-electron chi connectivity index (χ4n) is 3.86. The summed E-state index contributed by atoms with van der Waals surface area (Å²) in [6.07, 6.45) is 6.62. The van der Waals surface area contributed by atoms with Crippen LogP contribution in [-0.2, 0) is 0 Å². The van der Waals surface area contributed by atoms with Crippen LogP contribution in [0.25, 0.3) is 22.0 Å². The number of nitrogens with zero attached hydrogens (tertiary/aromatic N) is 4. The highest BCUT2D eigenvalue weighted by molar-refractivity contribution is 6.04. The van der Waals surface area contributed by atoms with Gasteiger partial charge in [-0.15, -0.1) is 0 Å². The molecule has 0 saturated carbocycles. The van der Waals surface area contributed by atoms with E-state index in [2.05, 4.69) is 31.7 Å². The topological polar surface area (TPSA) is 130 Å². The lowest BCUT2D eigenvalue weighted by atomic mass is 9.99. The van der Waals surface area contributed by atoms with E-state index >= 15 is 0 Å². The monoisotopic (exact) mass is 457 g/mol. The molecule has 0 aliphatic carbocycles. The molecule has 1 amide bonds. The third-order valence-electron chi connectivity index (χ3n) is 5.46. The van der Waals surface area contributed by atoms with Crippen molar-refractivity contribution >= 4 is 39.7 Å². The second-order valence-corrected chi connectivity index (χ2v) is 7.72. The molecule has 0 aliphatic rings. The van der Waals surface area contributed by atoms with Crippen molar-refractivity contribution in [2.24, 2.45) is 5.73 Å². The van der Waals surface area contributed by atoms with Gasteiger partial charge < -0.3 is 16.4 Å². The Kier molecular flexibility index (Phi) is 5.72. The Morgan fingerprint density at radius 3 is 2.49 bits per heavy atom. The predicted octanol–water partition coefficient (Wildman–Crippen LogP) is 5.15. The number of rotatable bonds is 6. The molecule has 3 aromatic heterocycles. The molecular formula is C27H19N7O. The Balaban J connectivity index is 1.61. The molecule has 8 nitrogen and oxygen atoms in total. The quantitative estimate of drug-likeness (QED) is 0.321. The van der Waals surface area contributed by atoms with Crippen LogP contribution in [0.3, 0.4) is 0 Å². The number of hydrogen-bond acceptors (Lipinski definition) is 7. The summed E-state index contributed by atoms with van der Waals surface area (Å²) in [5, 5.41) is 16.8. The summed E-state index contributed by atoms with van der Waals surface area (Å²) < 4.78 is 0. The molecule has 0 atom stereocenters. The third-order valence-corrected chi connectivity index (χ3v) is 5.46. The van der Waals surface area contributed by atoms with E-state index < -0.39 is 5.91 Å². The van der Waals surface area contributed by atoms with E-state index in [1.807, 2.05) is 36.4 Å². The molecule has 0 bridgehead atoms. The van der Waals surface area contributed by atoms with Crippen LogP contribution in [0.5, 0.6) is 0 Å². The number of fused-ring (bicyclic) bond motifs is 1. The first-order valence-corrected chi connectivity index (χ1v) is 10.7. The fourth-order valence-corrected chi connectivity index (χ4v) is 3.86. The number of anilines is 4. The van der Waals surface area contributed by atoms with Gasteiger partial charge in [0.2, 0.25) is 5.91 Å². The number of hydrogen-bond donors (Lipinski definition) is 3. The number of carbonyl (C=O) groups is 1. The van der Waals surface area contributed by atoms with Crippen LogP contribution in [0, 0.1) is 11.3 Å². The Bertz CT molecular complexity index is 1590. The molecule has 35 heavy (non-hydrogen) atoms. The molecule has 168 valence electrons. The van der Waals surface area contributed by atoms with E-state index in [9.17, 15) is 10.1 Å². The van der Waals surface area contributed by atoms with Gasteiger partial charge in [0.15, 0.2) is 0 Å². The first-order chi connectivity index (χ1) is 17.1. The van der Waals surface area contributed by atoms with Crippen molar-refractivity contribution in [3.8, 4) is 17.2 Å². The van der Waals surface area contributed by atoms with Crippen LogP contribution in [-0.4, -0.2) is 20.9 Å². The molecule has 5 rings (SSSR count). The van der Waals surface area contributed by atoms with Gasteiger partial charge in [0.05, 0.1) is 28.4 Å². The summed E-state index contributed by atoms with van der Waals surface area (Å²) in [5.41, 5.74) is 11.1. The summed E-state index contributed by atoms with van der Waals surface area (Å²) in [7, 11) is 0. The van der Waals surface area contributed by atoms with Crippen molar-refractivity contribution in [2.75, 3.05) is 10.6 Å². The molecule has 0 spiro atoms. The lowest BCUT2D eigenvalue weighted by Crippen LogP contribution is -2.14. The lowest BCUT2D eigenvalue weighted by molar-refractivity contribution is 0.100. The first kappa shape index (κ1) is 21.6. The molecule has 3 heterocycles. The number of carbonyl (C=O) groups excluding carboxylic acids is 1. The smallest absolute Gasteiger partial charge is 0.249 e. The maximum atomic E-state index is 12.4. The van der Waals surface area contributed by atoms with Crippen LogP contribution < -0.4 is 16.4 Å². The van der Waals surface area contributed by atoms with E-state index in [1.54, 1.807) is 48.9 Å². The molecule has 0 saturated heterocycles. The van der Waals surface area contributed by atoms with Crippen LogP contribution in [0.15, 0.2) is 91.5 Å². The van der Waals surface area contributed by atoms with E-state index in [1.165, 1.54) is 6.20 Å². The Hall–Kier alpha value is -5.29. The number of nitriles is 1. The van der Waals surface area contributed by atoms with Crippen molar-refractivity contribution in [3.05, 3.63) is 103 Å². The largest absolute Gasteiger partial charge is 0.366 e. The number of nitrogens with two attached hydrogens (primary N) is 1. The SMILES string of the molecule is N#Cc1ccc2nccc(Nc3nccc(C(N)=O)c3-c3cccc(Nc4ccncc4)c3)c2c1. The number of aromatic nitrogens is 3. The predicted molar refractivity (Wildman–Crippen MR) is 135 cm³/mol. The average Bonchev–Trinajstić information content (AvgIpc) is 2.89. The summed E-state index contributed by atoms with van der Waals surface area (Å²) in [5.74, 6) is -0.110. The van der Waals surface area contributed by atoms with E-state index in [0.29, 0.717) is 28.2 Å². The van der Waals surface area contributed by atoms with Gasteiger partial charge >= 0.3 is 0 Å². The van der Waals surface area contributed by atoms with Gasteiger partial charge in [-0.2, -0.15) is 5.26 Å². The van der Waals surface area contributed by atoms with Gasteiger partial charge in [-0.3, -0.25) is 14.8 Å². The minimum atomic E-state index is -0.565. The number of benzene rings is 2. The standard InChI is InChI=1S/C27H19N7O/c28-16-17-4-5-23-22(14-17)24(9-13-31-23)34-27-25(21(26(29)35)8-12-32-27)18-2-1-3-20(15-18)33-19-6-10-30-11-7-19/h1-15H,(H2,29,35)(H,30,33)(H,31,32,34). The van der Waals surface area contributed by atoms with Gasteiger partial charge in [0.25, 0.3) is 0 Å². The zero-order valence-corrected chi connectivity index (χ0v) is 18.4. The highest BCUT2D eigenvalue weighted by Crippen LogP contribution is 2.35. The third kappa shape index (κ3) is 4.47. The van der Waals surface area contributed by atoms with Crippen LogP contribution in [0.4, 0.5) is 22.9 Å². The van der Waals surface area contributed by atoms with Crippen molar-refractivity contribution in [3.63, 3.8) is 0 Å². The molecule has 5 aromatic rings. The Morgan fingerprint density at radius 2 is 1.69 bits per heavy atom. The molecule has 0 fully saturated rings. The summed E-state index contributed by atoms with van der Waals surface area (Å²) >= 11 is 0. The summed E-state index contributed by atoms with van der Waals surface area (Å²) in [4.78, 5) is 25.3. The van der Waals surface area contributed by atoms with Gasteiger partial charge in [-0.25, -0.2) is 4.98 Å². The summed E-state index contributed by atoms with van der Waals surface area (Å²) in [6, 6.07) is 22.2. The molecule has 0 aliphatic heterocycles. The van der Waals surface area contributed by atoms with Crippen LogP contribution in [0.1, 0.15) is 15.9 Å². The highest BCUT2D eigenvalue weighted by atomic mass is 16.1. The summed E-state index contributed by atoms with van der Waals surface area (Å²) in [6.45, 7) is 0. The second kappa shape index (κ2) is 9.29. The van der Waals surface area contributed by atoms with Crippen LogP contribution >= 0.6 is 0 Å². The Labute approximate surface area is 201 Å². The molecule has 4 N–H and O–H groups in total. The highest BCUT2D eigenvalue weighted by Gasteiger charge is 2.17. The number of amides is 1. The average molecular weight is 457 g/mol. The second-order valence-electron chi connectivity index (χ2n) is 7.72. The molecular weight excluding hydrogens is 438 g/mol.